The van der Waals surface area contributed by atoms with Crippen molar-refractivity contribution in [1.82, 2.24) is 4.98 Å². The summed E-state index contributed by atoms with van der Waals surface area (Å²) < 4.78 is 0. The number of Topliss-reactive ketones (excluding diaryl/α,β-unsaturated/α-hetero) is 1. The van der Waals surface area contributed by atoms with Crippen LogP contribution in [0.2, 0.25) is 0 Å². The number of aromatic nitrogens is 1. The van der Waals surface area contributed by atoms with Crippen molar-refractivity contribution < 1.29 is 9.59 Å². The summed E-state index contributed by atoms with van der Waals surface area (Å²) in [4.78, 5) is 25.3. The van der Waals surface area contributed by atoms with Crippen molar-refractivity contribution in [2.75, 3.05) is 0 Å². The molecule has 68 valence electrons. The number of carbonyl (C=O) groups is 2. The Bertz CT molecular complexity index is 379. The van der Waals surface area contributed by atoms with Crippen molar-refractivity contribution in [3.05, 3.63) is 23.0 Å². The van der Waals surface area contributed by atoms with Crippen LogP contribution < -0.4 is 5.73 Å². The normalized spacial score (nSPS) is 15.5. The highest BCUT2D eigenvalue weighted by Gasteiger charge is 2.24. The lowest BCUT2D eigenvalue weighted by Gasteiger charge is -2.10. The molecule has 0 spiro atoms. The highest BCUT2D eigenvalue weighted by Crippen LogP contribution is 2.23. The number of aryl methyl sites for hydroxylation is 1. The molecule has 0 bridgehead atoms. The molecule has 0 atom stereocenters. The third-order valence-electron chi connectivity index (χ3n) is 2.34. The molecule has 1 heterocycles. The Labute approximate surface area is 75.1 Å². The summed E-state index contributed by atoms with van der Waals surface area (Å²) >= 11 is 0. The molecular formula is C9H10N2O2. The number of hydrogen-bond donors (Lipinski definition) is 2. The van der Waals surface area contributed by atoms with Gasteiger partial charge in [-0.1, -0.05) is 0 Å². The number of amides is 1. The number of H-pyrrole nitrogens is 1. The van der Waals surface area contributed by atoms with Gasteiger partial charge in [0.05, 0.1) is 11.1 Å². The van der Waals surface area contributed by atoms with Crippen molar-refractivity contribution >= 4 is 11.7 Å². The lowest BCUT2D eigenvalue weighted by atomic mass is 9.94. The number of fused-ring (bicyclic) bond motifs is 1. The van der Waals surface area contributed by atoms with Gasteiger partial charge in [-0.2, -0.15) is 0 Å². The standard InChI is InChI=1S/C9H10N2O2/c10-9(13)5-4-11-6-2-1-3-7(12)8(5)6/h4,11H,1-3H2,(H2,10,13). The summed E-state index contributed by atoms with van der Waals surface area (Å²) in [5.74, 6) is -0.510. The molecule has 0 unspecified atom stereocenters. The molecule has 3 N–H and O–H groups in total. The zero-order valence-corrected chi connectivity index (χ0v) is 7.09. The van der Waals surface area contributed by atoms with E-state index in [4.69, 9.17) is 5.73 Å². The van der Waals surface area contributed by atoms with E-state index >= 15 is 0 Å². The number of hydrogen-bond acceptors (Lipinski definition) is 2. The van der Waals surface area contributed by atoms with Gasteiger partial charge in [0, 0.05) is 18.3 Å². The van der Waals surface area contributed by atoms with Gasteiger partial charge >= 0.3 is 0 Å². The van der Waals surface area contributed by atoms with E-state index in [-0.39, 0.29) is 5.78 Å². The maximum Gasteiger partial charge on any atom is 0.250 e. The van der Waals surface area contributed by atoms with Crippen LogP contribution in [-0.2, 0) is 6.42 Å². The number of nitrogens with two attached hydrogens (primary N) is 1. The van der Waals surface area contributed by atoms with Gasteiger partial charge in [-0.15, -0.1) is 0 Å². The number of rotatable bonds is 1. The van der Waals surface area contributed by atoms with Crippen LogP contribution in [0.15, 0.2) is 6.20 Å². The Kier molecular flexibility index (Phi) is 1.69. The first kappa shape index (κ1) is 8.04. The first-order valence-corrected chi connectivity index (χ1v) is 4.23. The summed E-state index contributed by atoms with van der Waals surface area (Å²) in [6.45, 7) is 0. The average Bonchev–Trinajstić information content (AvgIpc) is 2.49. The fourth-order valence-corrected chi connectivity index (χ4v) is 1.73. The van der Waals surface area contributed by atoms with Crippen LogP contribution >= 0.6 is 0 Å². The van der Waals surface area contributed by atoms with Crippen molar-refractivity contribution in [2.45, 2.75) is 19.3 Å². The molecule has 4 nitrogen and oxygen atoms in total. The molecule has 1 aliphatic rings. The predicted molar refractivity (Wildman–Crippen MR) is 46.6 cm³/mol. The second-order valence-corrected chi connectivity index (χ2v) is 3.20. The molecular weight excluding hydrogens is 168 g/mol. The van der Waals surface area contributed by atoms with Gasteiger partial charge in [-0.05, 0) is 12.8 Å². The van der Waals surface area contributed by atoms with Crippen molar-refractivity contribution in [2.24, 2.45) is 5.73 Å². The fourth-order valence-electron chi connectivity index (χ4n) is 1.73. The summed E-state index contributed by atoms with van der Waals surface area (Å²) in [6.07, 6.45) is 3.72. The van der Waals surface area contributed by atoms with Crippen molar-refractivity contribution in [3.63, 3.8) is 0 Å². The number of aromatic amines is 1. The largest absolute Gasteiger partial charge is 0.366 e. The molecule has 0 radical (unpaired) electrons. The SMILES string of the molecule is NC(=O)c1c[nH]c2c1C(=O)CCC2. The molecule has 0 fully saturated rings. The second kappa shape index (κ2) is 2.73. The topological polar surface area (TPSA) is 76.0 Å². The van der Waals surface area contributed by atoms with Gasteiger partial charge in [0.15, 0.2) is 5.78 Å². The smallest absolute Gasteiger partial charge is 0.250 e. The van der Waals surface area contributed by atoms with Gasteiger partial charge in [-0.3, -0.25) is 9.59 Å². The van der Waals surface area contributed by atoms with Gasteiger partial charge in [0.1, 0.15) is 0 Å². The molecule has 4 heteroatoms. The fraction of sp³-hybridized carbons (Fsp3) is 0.333. The van der Waals surface area contributed by atoms with Crippen LogP contribution in [0.25, 0.3) is 0 Å². The van der Waals surface area contributed by atoms with Crippen LogP contribution in [0.4, 0.5) is 0 Å². The van der Waals surface area contributed by atoms with Crippen molar-refractivity contribution in [1.29, 1.82) is 0 Å². The highest BCUT2D eigenvalue weighted by molar-refractivity contribution is 6.09. The van der Waals surface area contributed by atoms with E-state index in [1.165, 1.54) is 6.20 Å². The maximum atomic E-state index is 11.4. The Morgan fingerprint density at radius 1 is 1.46 bits per heavy atom. The Hall–Kier alpha value is -1.58. The minimum Gasteiger partial charge on any atom is -0.366 e. The lowest BCUT2D eigenvalue weighted by Crippen LogP contribution is -2.17. The van der Waals surface area contributed by atoms with E-state index in [9.17, 15) is 9.59 Å². The van der Waals surface area contributed by atoms with Gasteiger partial charge in [-0.25, -0.2) is 0 Å². The monoisotopic (exact) mass is 178 g/mol. The Balaban J connectivity index is 2.56. The van der Waals surface area contributed by atoms with Gasteiger partial charge < -0.3 is 10.7 Å². The Morgan fingerprint density at radius 3 is 2.92 bits per heavy atom. The first-order valence-electron chi connectivity index (χ1n) is 4.23. The molecule has 1 aromatic rings. The number of primary amides is 1. The number of nitrogens with one attached hydrogen (secondary N) is 1. The minimum atomic E-state index is -0.534. The van der Waals surface area contributed by atoms with E-state index < -0.39 is 5.91 Å². The van der Waals surface area contributed by atoms with Crippen LogP contribution in [0.5, 0.6) is 0 Å². The van der Waals surface area contributed by atoms with Crippen LogP contribution in [-0.4, -0.2) is 16.7 Å². The maximum absolute atomic E-state index is 11.4. The number of carbonyl (C=O) groups excluding carboxylic acids is 2. The second-order valence-electron chi connectivity index (χ2n) is 3.20. The predicted octanol–water partition coefficient (Wildman–Crippen LogP) is 0.633. The third-order valence-corrected chi connectivity index (χ3v) is 2.34. The van der Waals surface area contributed by atoms with E-state index in [1.54, 1.807) is 0 Å². The summed E-state index contributed by atoms with van der Waals surface area (Å²) in [5.41, 5.74) is 6.83. The number of ketones is 1. The van der Waals surface area contributed by atoms with Crippen LogP contribution in [0.1, 0.15) is 39.3 Å². The van der Waals surface area contributed by atoms with E-state index in [0.717, 1.165) is 18.5 Å². The zero-order valence-electron chi connectivity index (χ0n) is 7.09. The minimum absolute atomic E-state index is 0.0244. The summed E-state index contributed by atoms with van der Waals surface area (Å²) in [6, 6.07) is 0. The third kappa shape index (κ3) is 1.14. The molecule has 2 rings (SSSR count). The molecule has 1 amide bonds. The molecule has 1 aromatic heterocycles. The molecule has 13 heavy (non-hydrogen) atoms. The molecule has 1 aliphatic carbocycles. The van der Waals surface area contributed by atoms with Gasteiger partial charge in [0.25, 0.3) is 5.91 Å². The van der Waals surface area contributed by atoms with E-state index in [1.807, 2.05) is 0 Å². The molecule has 0 saturated carbocycles. The highest BCUT2D eigenvalue weighted by atomic mass is 16.1. The molecule has 0 saturated heterocycles. The van der Waals surface area contributed by atoms with E-state index in [2.05, 4.69) is 4.98 Å². The Morgan fingerprint density at radius 2 is 2.23 bits per heavy atom. The molecule has 0 aliphatic heterocycles. The van der Waals surface area contributed by atoms with Crippen LogP contribution in [0.3, 0.4) is 0 Å². The molecule has 0 aromatic carbocycles. The summed E-state index contributed by atoms with van der Waals surface area (Å²) in [7, 11) is 0. The van der Waals surface area contributed by atoms with Gasteiger partial charge in [0.2, 0.25) is 0 Å². The lowest BCUT2D eigenvalue weighted by molar-refractivity contribution is 0.0950. The summed E-state index contributed by atoms with van der Waals surface area (Å²) in [5, 5.41) is 0. The van der Waals surface area contributed by atoms with Crippen molar-refractivity contribution in [3.8, 4) is 0 Å². The first-order chi connectivity index (χ1) is 6.20. The van der Waals surface area contributed by atoms with E-state index in [0.29, 0.717) is 17.5 Å². The zero-order chi connectivity index (χ0) is 9.42. The average molecular weight is 178 g/mol. The van der Waals surface area contributed by atoms with Crippen LogP contribution in [0, 0.1) is 0 Å². The quantitative estimate of drug-likeness (QED) is 0.661.